The number of amides is 1. The number of fused-ring (bicyclic) bond motifs is 1. The van der Waals surface area contributed by atoms with Crippen LogP contribution in [-0.2, 0) is 17.8 Å². The van der Waals surface area contributed by atoms with Gasteiger partial charge in [-0.15, -0.1) is 12.4 Å². The van der Waals surface area contributed by atoms with E-state index in [-0.39, 0.29) is 30.3 Å². The maximum absolute atomic E-state index is 12.4. The molecule has 0 radical (unpaired) electrons. The molecule has 1 fully saturated rings. The number of hydrogen-bond acceptors (Lipinski definition) is 5. The molecule has 21 heavy (non-hydrogen) atoms. The molecule has 0 bridgehead atoms. The molecule has 0 unspecified atom stereocenters. The molecule has 0 aliphatic carbocycles. The number of rotatable bonds is 2. The van der Waals surface area contributed by atoms with Gasteiger partial charge in [-0.25, -0.2) is 4.98 Å². The average molecular weight is 316 g/mol. The van der Waals surface area contributed by atoms with Gasteiger partial charge in [0.1, 0.15) is 11.5 Å². The summed E-state index contributed by atoms with van der Waals surface area (Å²) in [5, 5.41) is 12.6. The number of oxazole rings is 1. The summed E-state index contributed by atoms with van der Waals surface area (Å²) in [5.41, 5.74) is 0.881. The zero-order chi connectivity index (χ0) is 14.3. The van der Waals surface area contributed by atoms with Gasteiger partial charge in [0.05, 0.1) is 18.7 Å². The molecule has 3 heterocycles. The third kappa shape index (κ3) is 3.22. The second-order valence-electron chi connectivity index (χ2n) is 5.94. The van der Waals surface area contributed by atoms with Crippen LogP contribution in [0.25, 0.3) is 0 Å². The number of β-amino-alcohol motifs (C(OH)–C–C–N with tert-alkyl or cyclic N) is 1. The molecule has 0 aromatic carbocycles. The van der Waals surface area contributed by atoms with Crippen LogP contribution >= 0.6 is 12.4 Å². The Morgan fingerprint density at radius 2 is 2.29 bits per heavy atom. The van der Waals surface area contributed by atoms with E-state index in [9.17, 15) is 9.90 Å². The normalized spacial score (nSPS) is 24.9. The first-order chi connectivity index (χ1) is 9.54. The summed E-state index contributed by atoms with van der Waals surface area (Å²) >= 11 is 0. The second kappa shape index (κ2) is 6.34. The van der Waals surface area contributed by atoms with Gasteiger partial charge in [-0.05, 0) is 6.42 Å². The van der Waals surface area contributed by atoms with E-state index in [4.69, 9.17) is 4.42 Å². The number of nitrogens with one attached hydrogen (secondary N) is 1. The predicted octanol–water partition coefficient (Wildman–Crippen LogP) is 0.827. The smallest absolute Gasteiger partial charge is 0.240 e. The number of carbonyl (C=O) groups is 1. The molecule has 2 aliphatic rings. The molecule has 2 N–H and O–H groups in total. The van der Waals surface area contributed by atoms with E-state index in [0.29, 0.717) is 26.1 Å². The fourth-order valence-corrected chi connectivity index (χ4v) is 2.78. The van der Waals surface area contributed by atoms with E-state index in [1.165, 1.54) is 0 Å². The lowest BCUT2D eigenvalue weighted by atomic mass is 10.1. The summed E-state index contributed by atoms with van der Waals surface area (Å²) in [5.74, 6) is 1.98. The van der Waals surface area contributed by atoms with Crippen molar-refractivity contribution in [1.82, 2.24) is 15.2 Å². The topological polar surface area (TPSA) is 78.6 Å². The Morgan fingerprint density at radius 1 is 1.52 bits per heavy atom. The van der Waals surface area contributed by atoms with Crippen LogP contribution in [0.3, 0.4) is 0 Å². The van der Waals surface area contributed by atoms with Gasteiger partial charge in [0.25, 0.3) is 0 Å². The highest BCUT2D eigenvalue weighted by molar-refractivity contribution is 5.85. The predicted molar refractivity (Wildman–Crippen MR) is 79.4 cm³/mol. The summed E-state index contributed by atoms with van der Waals surface area (Å²) in [6.45, 7) is 5.76. The molecule has 3 rings (SSSR count). The van der Waals surface area contributed by atoms with E-state index >= 15 is 0 Å². The molecule has 7 heteroatoms. The molecule has 0 spiro atoms. The molecular weight excluding hydrogens is 294 g/mol. The first kappa shape index (κ1) is 16.3. The number of carbonyl (C=O) groups excluding carboxylic acids is 1. The minimum absolute atomic E-state index is 0. The minimum Gasteiger partial charge on any atom is -0.445 e. The van der Waals surface area contributed by atoms with Crippen molar-refractivity contribution in [1.29, 1.82) is 0 Å². The number of halogens is 1. The lowest BCUT2D eigenvalue weighted by Crippen LogP contribution is -2.45. The van der Waals surface area contributed by atoms with Gasteiger partial charge in [-0.1, -0.05) is 13.8 Å². The van der Waals surface area contributed by atoms with Crippen LogP contribution in [-0.4, -0.2) is 46.1 Å². The number of aromatic nitrogens is 1. The maximum atomic E-state index is 12.4. The maximum Gasteiger partial charge on any atom is 0.240 e. The fourth-order valence-electron chi connectivity index (χ4n) is 2.78. The molecule has 2 atom stereocenters. The average Bonchev–Trinajstić information content (AvgIpc) is 3.02. The Hall–Kier alpha value is -1.11. The highest BCUT2D eigenvalue weighted by Gasteiger charge is 2.34. The monoisotopic (exact) mass is 315 g/mol. The van der Waals surface area contributed by atoms with Gasteiger partial charge >= 0.3 is 0 Å². The van der Waals surface area contributed by atoms with E-state index in [0.717, 1.165) is 23.8 Å². The van der Waals surface area contributed by atoms with Crippen molar-refractivity contribution in [3.63, 3.8) is 0 Å². The Labute approximate surface area is 130 Å². The van der Waals surface area contributed by atoms with Crippen LogP contribution in [0.1, 0.15) is 43.5 Å². The SMILES string of the molecule is CC(C)c1nc2c(o1)CCN(C(=O)[C@H]1C[C@@H](O)CN1)C2.Cl. The third-order valence-corrected chi connectivity index (χ3v) is 3.96. The van der Waals surface area contributed by atoms with Crippen LogP contribution < -0.4 is 5.32 Å². The molecule has 1 saturated heterocycles. The number of aliphatic hydroxyl groups is 1. The molecule has 1 aromatic rings. The molecule has 6 nitrogen and oxygen atoms in total. The van der Waals surface area contributed by atoms with E-state index < -0.39 is 6.10 Å². The van der Waals surface area contributed by atoms with Crippen LogP contribution in [0.5, 0.6) is 0 Å². The molecule has 1 amide bonds. The molecule has 118 valence electrons. The van der Waals surface area contributed by atoms with Gasteiger partial charge in [0, 0.05) is 25.4 Å². The first-order valence-corrected chi connectivity index (χ1v) is 7.23. The fraction of sp³-hybridized carbons (Fsp3) is 0.714. The van der Waals surface area contributed by atoms with Crippen molar-refractivity contribution < 1.29 is 14.3 Å². The van der Waals surface area contributed by atoms with E-state index in [1.54, 1.807) is 0 Å². The van der Waals surface area contributed by atoms with Crippen LogP contribution in [0, 0.1) is 0 Å². The molecule has 1 aromatic heterocycles. The summed E-state index contributed by atoms with van der Waals surface area (Å²) in [4.78, 5) is 18.7. The summed E-state index contributed by atoms with van der Waals surface area (Å²) in [6, 6.07) is -0.261. The van der Waals surface area contributed by atoms with Crippen molar-refractivity contribution in [3.05, 3.63) is 17.3 Å². The largest absolute Gasteiger partial charge is 0.445 e. The van der Waals surface area contributed by atoms with Crippen molar-refractivity contribution in [2.24, 2.45) is 0 Å². The zero-order valence-corrected chi connectivity index (χ0v) is 13.2. The Balaban J connectivity index is 0.00000161. The van der Waals surface area contributed by atoms with Gasteiger partial charge < -0.3 is 19.7 Å². The van der Waals surface area contributed by atoms with Gasteiger partial charge in [0.2, 0.25) is 5.91 Å². The highest BCUT2D eigenvalue weighted by Crippen LogP contribution is 2.24. The molecule has 2 aliphatic heterocycles. The molecular formula is C14H22ClN3O3. The Bertz CT molecular complexity index is 518. The van der Waals surface area contributed by atoms with Crippen LogP contribution in [0.2, 0.25) is 0 Å². The lowest BCUT2D eigenvalue weighted by Gasteiger charge is -2.27. The van der Waals surface area contributed by atoms with Crippen molar-refractivity contribution in [3.8, 4) is 0 Å². The van der Waals surface area contributed by atoms with Gasteiger partial charge in [0.15, 0.2) is 5.89 Å². The lowest BCUT2D eigenvalue weighted by molar-refractivity contribution is -0.134. The van der Waals surface area contributed by atoms with E-state index in [1.807, 2.05) is 18.7 Å². The van der Waals surface area contributed by atoms with Crippen LogP contribution in [0.15, 0.2) is 4.42 Å². The number of aliphatic hydroxyl groups excluding tert-OH is 1. The Kier molecular flexibility index (Phi) is 4.91. The zero-order valence-electron chi connectivity index (χ0n) is 12.3. The summed E-state index contributed by atoms with van der Waals surface area (Å²) < 4.78 is 5.73. The van der Waals surface area contributed by atoms with Crippen LogP contribution in [0.4, 0.5) is 0 Å². The van der Waals surface area contributed by atoms with Crippen molar-refractivity contribution in [2.75, 3.05) is 13.1 Å². The first-order valence-electron chi connectivity index (χ1n) is 7.23. The highest BCUT2D eigenvalue weighted by atomic mass is 35.5. The van der Waals surface area contributed by atoms with Crippen molar-refractivity contribution >= 4 is 18.3 Å². The van der Waals surface area contributed by atoms with Gasteiger partial charge in [-0.3, -0.25) is 4.79 Å². The van der Waals surface area contributed by atoms with Gasteiger partial charge in [-0.2, -0.15) is 0 Å². The standard InChI is InChI=1S/C14H21N3O3.ClH/c1-8(2)13-16-11-7-17(4-3-12(11)20-13)14(19)10-5-9(18)6-15-10;/h8-10,15,18H,3-7H2,1-2H3;1H/t9-,10-;/m1./s1. The number of hydrogen-bond donors (Lipinski definition) is 2. The summed E-state index contributed by atoms with van der Waals surface area (Å²) in [7, 11) is 0. The molecule has 0 saturated carbocycles. The third-order valence-electron chi connectivity index (χ3n) is 3.96. The summed E-state index contributed by atoms with van der Waals surface area (Å²) in [6.07, 6.45) is 0.804. The number of nitrogens with zero attached hydrogens (tertiary/aromatic N) is 2. The van der Waals surface area contributed by atoms with E-state index in [2.05, 4.69) is 10.3 Å². The quantitative estimate of drug-likeness (QED) is 0.845. The van der Waals surface area contributed by atoms with Crippen molar-refractivity contribution in [2.45, 2.75) is 51.3 Å². The second-order valence-corrected chi connectivity index (χ2v) is 5.94. The Morgan fingerprint density at radius 3 is 2.90 bits per heavy atom. The minimum atomic E-state index is -0.413.